The van der Waals surface area contributed by atoms with Crippen molar-refractivity contribution in [3.8, 4) is 17.6 Å². The van der Waals surface area contributed by atoms with Crippen LogP contribution in [0.4, 0.5) is 21.6 Å². The Morgan fingerprint density at radius 3 is 2.60 bits per heavy atom. The first-order valence-electron chi connectivity index (χ1n) is 18.9. The number of piperidine rings is 1. The van der Waals surface area contributed by atoms with E-state index in [-0.39, 0.29) is 23.3 Å². The number of hydrogen-bond donors (Lipinski definition) is 3. The number of benzene rings is 3. The third kappa shape index (κ3) is 9.40. The molecule has 294 valence electrons. The number of amides is 4. The summed E-state index contributed by atoms with van der Waals surface area (Å²) in [5.41, 5.74) is 3.79. The zero-order valence-electron chi connectivity index (χ0n) is 31.3. The summed E-state index contributed by atoms with van der Waals surface area (Å²) in [5, 5.41) is 8.91. The van der Waals surface area contributed by atoms with Gasteiger partial charge in [-0.3, -0.25) is 24.5 Å². The fourth-order valence-corrected chi connectivity index (χ4v) is 7.43. The molecule has 15 heteroatoms. The van der Waals surface area contributed by atoms with Gasteiger partial charge in [-0.2, -0.15) is 0 Å². The van der Waals surface area contributed by atoms with Crippen LogP contribution >= 0.6 is 11.6 Å². The Balaban J connectivity index is 0.859. The fraction of sp³-hybridized carbons (Fsp3) is 0.333. The van der Waals surface area contributed by atoms with Gasteiger partial charge in [0.15, 0.2) is 0 Å². The first-order valence-corrected chi connectivity index (χ1v) is 19.3. The number of nitrogens with zero attached hydrogens (tertiary/aromatic N) is 5. The molecule has 4 amide bonds. The summed E-state index contributed by atoms with van der Waals surface area (Å²) in [6, 6.07) is 12.6. The van der Waals surface area contributed by atoms with Crippen LogP contribution in [0.25, 0.3) is 10.9 Å². The van der Waals surface area contributed by atoms with Crippen LogP contribution in [0, 0.1) is 17.7 Å². The van der Waals surface area contributed by atoms with Crippen LogP contribution in [-0.4, -0.2) is 100 Å². The van der Waals surface area contributed by atoms with Crippen molar-refractivity contribution in [2.24, 2.45) is 0 Å². The molecule has 0 aliphatic carbocycles. The average molecular weight is 793 g/mol. The number of anilines is 3. The number of fused-ring (bicyclic) bond motifs is 2. The van der Waals surface area contributed by atoms with Crippen LogP contribution in [-0.2, 0) is 20.9 Å². The summed E-state index contributed by atoms with van der Waals surface area (Å²) in [5.74, 6) is 5.63. The van der Waals surface area contributed by atoms with Crippen molar-refractivity contribution >= 4 is 63.3 Å². The van der Waals surface area contributed by atoms with Crippen molar-refractivity contribution in [3.05, 3.63) is 95.0 Å². The number of piperazine rings is 1. The number of carbonyl (C=O) groups excluding carboxylic acids is 4. The Bertz CT molecular complexity index is 2290. The largest absolute Gasteiger partial charge is 0.491 e. The minimum atomic E-state index is -0.647. The van der Waals surface area contributed by atoms with Crippen LogP contribution in [0.5, 0.6) is 5.75 Å². The number of unbranched alkanes of at least 4 members (excludes halogenated alkanes) is 1. The summed E-state index contributed by atoms with van der Waals surface area (Å²) in [6.45, 7) is 9.92. The van der Waals surface area contributed by atoms with E-state index in [1.54, 1.807) is 29.2 Å². The van der Waals surface area contributed by atoms with E-state index >= 15 is 0 Å². The van der Waals surface area contributed by atoms with E-state index in [0.29, 0.717) is 59.0 Å². The Morgan fingerprint density at radius 2 is 1.84 bits per heavy atom. The average Bonchev–Trinajstić information content (AvgIpc) is 3.54. The molecular weight excluding hydrogens is 751 g/mol. The third-order valence-corrected chi connectivity index (χ3v) is 10.6. The lowest BCUT2D eigenvalue weighted by Gasteiger charge is -2.34. The molecule has 2 saturated heterocycles. The smallest absolute Gasteiger partial charge is 0.255 e. The van der Waals surface area contributed by atoms with E-state index in [1.807, 2.05) is 12.1 Å². The van der Waals surface area contributed by atoms with Gasteiger partial charge in [0.2, 0.25) is 17.7 Å². The molecule has 7 rings (SSSR count). The molecule has 1 atom stereocenters. The highest BCUT2D eigenvalue weighted by atomic mass is 35.5. The lowest BCUT2D eigenvalue weighted by molar-refractivity contribution is -0.137. The molecule has 4 heterocycles. The maximum Gasteiger partial charge on any atom is 0.255 e. The topological polar surface area (TPSA) is 149 Å². The quantitative estimate of drug-likeness (QED) is 0.0708. The lowest BCUT2D eigenvalue weighted by Crippen LogP contribution is -2.52. The number of aromatic nitrogens is 2. The number of carbonyl (C=O) groups is 4. The molecule has 1 aromatic heterocycles. The van der Waals surface area contributed by atoms with Gasteiger partial charge in [-0.15, -0.1) is 0 Å². The van der Waals surface area contributed by atoms with E-state index in [9.17, 15) is 23.6 Å². The number of ether oxygens (including phenoxy) is 1. The minimum Gasteiger partial charge on any atom is -0.491 e. The van der Waals surface area contributed by atoms with Crippen LogP contribution in [0.1, 0.15) is 53.6 Å². The maximum atomic E-state index is 13.7. The molecule has 57 heavy (non-hydrogen) atoms. The molecule has 0 spiro atoms. The first-order chi connectivity index (χ1) is 27.7. The molecule has 3 aliphatic rings. The second-order valence-corrected chi connectivity index (χ2v) is 14.5. The highest BCUT2D eigenvalue weighted by Crippen LogP contribution is 2.34. The normalized spacial score (nSPS) is 17.1. The van der Waals surface area contributed by atoms with E-state index < -0.39 is 23.7 Å². The minimum absolute atomic E-state index is 0.0228. The molecule has 3 aliphatic heterocycles. The van der Waals surface area contributed by atoms with Gasteiger partial charge in [0.25, 0.3) is 5.91 Å². The van der Waals surface area contributed by atoms with Gasteiger partial charge in [0, 0.05) is 80.4 Å². The Morgan fingerprint density at radius 1 is 1.05 bits per heavy atom. The van der Waals surface area contributed by atoms with Gasteiger partial charge >= 0.3 is 0 Å². The Kier molecular flexibility index (Phi) is 12.4. The lowest BCUT2D eigenvalue weighted by atomic mass is 10.0. The predicted octanol–water partition coefficient (Wildman–Crippen LogP) is 5.27. The van der Waals surface area contributed by atoms with Crippen LogP contribution in [0.15, 0.2) is 67.5 Å². The molecule has 0 radical (unpaired) electrons. The van der Waals surface area contributed by atoms with Crippen LogP contribution < -0.4 is 20.7 Å². The van der Waals surface area contributed by atoms with Crippen molar-refractivity contribution in [2.75, 3.05) is 56.5 Å². The summed E-state index contributed by atoms with van der Waals surface area (Å²) < 4.78 is 19.9. The number of rotatable bonds is 13. The molecular formula is C42H42ClFN8O5. The molecule has 0 saturated carbocycles. The van der Waals surface area contributed by atoms with E-state index in [1.165, 1.54) is 24.5 Å². The third-order valence-electron chi connectivity index (χ3n) is 10.3. The summed E-state index contributed by atoms with van der Waals surface area (Å²) in [4.78, 5) is 64.6. The fourth-order valence-electron chi connectivity index (χ4n) is 7.25. The summed E-state index contributed by atoms with van der Waals surface area (Å²) in [6.07, 6.45) is 5.58. The molecule has 4 aromatic rings. The van der Waals surface area contributed by atoms with E-state index in [2.05, 4.69) is 54.1 Å². The van der Waals surface area contributed by atoms with Crippen LogP contribution in [0.2, 0.25) is 5.02 Å². The molecule has 2 fully saturated rings. The summed E-state index contributed by atoms with van der Waals surface area (Å²) in [7, 11) is 0. The Labute approximate surface area is 334 Å². The molecule has 3 N–H and O–H groups in total. The van der Waals surface area contributed by atoms with E-state index in [0.717, 1.165) is 69.7 Å². The van der Waals surface area contributed by atoms with Crippen LogP contribution in [0.3, 0.4) is 0 Å². The predicted molar refractivity (Wildman–Crippen MR) is 215 cm³/mol. The van der Waals surface area contributed by atoms with Crippen molar-refractivity contribution in [2.45, 2.75) is 44.7 Å². The van der Waals surface area contributed by atoms with Gasteiger partial charge in [-0.1, -0.05) is 36.1 Å². The molecule has 1 unspecified atom stereocenters. The van der Waals surface area contributed by atoms with Crippen molar-refractivity contribution in [1.29, 1.82) is 0 Å². The number of halogens is 2. The number of nitrogens with one attached hydrogen (secondary N) is 3. The number of hydrogen-bond acceptors (Lipinski definition) is 10. The number of imide groups is 1. The van der Waals surface area contributed by atoms with Gasteiger partial charge in [-0.05, 0) is 73.8 Å². The monoisotopic (exact) mass is 792 g/mol. The van der Waals surface area contributed by atoms with Crippen molar-refractivity contribution < 1.29 is 28.3 Å². The molecule has 0 bridgehead atoms. The van der Waals surface area contributed by atoms with Crippen molar-refractivity contribution in [3.63, 3.8) is 0 Å². The highest BCUT2D eigenvalue weighted by molar-refractivity contribution is 6.31. The van der Waals surface area contributed by atoms with Crippen molar-refractivity contribution in [1.82, 2.24) is 30.0 Å². The molecule has 13 nitrogen and oxygen atoms in total. The zero-order chi connectivity index (χ0) is 39.9. The Hall–Kier alpha value is -5.88. The second-order valence-electron chi connectivity index (χ2n) is 14.1. The second kappa shape index (κ2) is 17.9. The first kappa shape index (κ1) is 39.4. The standard InChI is InChI=1S/C42H42ClFN8O5/c1-2-38(53)48-35-23-30-34(45-26-46-40(30)47-28-11-12-33(44)32(43)22-28)24-37(35)57-21-7-16-51-19-17-50(18-20-51)15-5-3-4-8-27-9-6-10-29-31(27)25-52(42(29)56)36-13-14-39(54)49-41(36)55/h2,6,9-12,22-24,26,36H,1,3,5,7,13-21,25H2,(H,48,53)(H,45,46,47)(H,49,54,55). The SMILES string of the molecule is C=CC(=O)Nc1cc2c(Nc3ccc(F)c(Cl)c3)ncnc2cc1OCCCN1CCN(CCCC#Cc2cccc3c2CN(C2CCC(=O)NC2=O)C3=O)CC1. The van der Waals surface area contributed by atoms with Gasteiger partial charge < -0.3 is 30.1 Å². The highest BCUT2D eigenvalue weighted by Gasteiger charge is 2.39. The maximum absolute atomic E-state index is 13.7. The van der Waals surface area contributed by atoms with Gasteiger partial charge in [-0.25, -0.2) is 14.4 Å². The molecule has 3 aromatic carbocycles. The van der Waals surface area contributed by atoms with E-state index in [4.69, 9.17) is 16.3 Å². The summed E-state index contributed by atoms with van der Waals surface area (Å²) >= 11 is 5.97. The van der Waals surface area contributed by atoms with Gasteiger partial charge in [0.05, 0.1) is 22.8 Å². The van der Waals surface area contributed by atoms with Gasteiger partial charge in [0.1, 0.15) is 29.8 Å². The zero-order valence-corrected chi connectivity index (χ0v) is 32.0.